The van der Waals surface area contributed by atoms with Crippen molar-refractivity contribution in [3.63, 3.8) is 0 Å². The molecule has 4 N–H and O–H groups in total. The lowest BCUT2D eigenvalue weighted by atomic mass is 10.0. The van der Waals surface area contributed by atoms with E-state index in [9.17, 15) is 4.79 Å². The minimum Gasteiger partial charge on any atom is -0.361 e. The van der Waals surface area contributed by atoms with Crippen molar-refractivity contribution in [3.8, 4) is 11.1 Å². The molecular formula is C18H17N5O. The van der Waals surface area contributed by atoms with Crippen LogP contribution >= 0.6 is 0 Å². The number of hydrogen-bond donors (Lipinski definition) is 4. The molecule has 24 heavy (non-hydrogen) atoms. The van der Waals surface area contributed by atoms with Gasteiger partial charge in [0.15, 0.2) is 0 Å². The molecular weight excluding hydrogens is 302 g/mol. The Bertz CT molecular complexity index is 1030. The zero-order valence-electron chi connectivity index (χ0n) is 13.2. The molecule has 0 spiro atoms. The van der Waals surface area contributed by atoms with Gasteiger partial charge in [0.2, 0.25) is 5.95 Å². The number of anilines is 1. The Morgan fingerprint density at radius 3 is 2.79 bits per heavy atom. The van der Waals surface area contributed by atoms with E-state index in [4.69, 9.17) is 0 Å². The predicted molar refractivity (Wildman–Crippen MR) is 96.1 cm³/mol. The molecule has 0 saturated carbocycles. The topological polar surface area (TPSA) is 85.6 Å². The first-order chi connectivity index (χ1) is 11.7. The standard InChI is InChI=1S/C18H17N5O/c1-2-19-18(24)23-17-21-14-6-5-13(10-16(14)22-17)12-4-3-11-7-8-20-15(11)9-12/h3-10,20H,2H2,1H3,(H3,19,21,22,23,24). The summed E-state index contributed by atoms with van der Waals surface area (Å²) in [6.07, 6.45) is 1.94. The Morgan fingerprint density at radius 1 is 1.08 bits per heavy atom. The summed E-state index contributed by atoms with van der Waals surface area (Å²) in [6, 6.07) is 14.1. The summed E-state index contributed by atoms with van der Waals surface area (Å²) in [6.45, 7) is 2.43. The van der Waals surface area contributed by atoms with E-state index in [2.05, 4.69) is 49.9 Å². The first kappa shape index (κ1) is 14.3. The van der Waals surface area contributed by atoms with Crippen molar-refractivity contribution in [1.29, 1.82) is 0 Å². The molecule has 120 valence electrons. The van der Waals surface area contributed by atoms with Crippen molar-refractivity contribution in [2.45, 2.75) is 6.92 Å². The lowest BCUT2D eigenvalue weighted by molar-refractivity contribution is 0.252. The Hall–Kier alpha value is -3.28. The fourth-order valence-corrected chi connectivity index (χ4v) is 2.78. The lowest BCUT2D eigenvalue weighted by Crippen LogP contribution is -2.28. The number of carbonyl (C=O) groups excluding carboxylic acids is 1. The highest BCUT2D eigenvalue weighted by Gasteiger charge is 2.08. The van der Waals surface area contributed by atoms with Crippen molar-refractivity contribution in [2.24, 2.45) is 0 Å². The highest BCUT2D eigenvalue weighted by Crippen LogP contribution is 2.26. The fourth-order valence-electron chi connectivity index (χ4n) is 2.78. The maximum atomic E-state index is 11.6. The SMILES string of the molecule is CCNC(=O)Nc1nc2cc(-c3ccc4cc[nH]c4c3)ccc2[nH]1. The highest BCUT2D eigenvalue weighted by molar-refractivity contribution is 5.91. The summed E-state index contributed by atoms with van der Waals surface area (Å²) in [5.41, 5.74) is 4.99. The van der Waals surface area contributed by atoms with E-state index in [0.29, 0.717) is 12.5 Å². The molecule has 4 rings (SSSR count). The lowest BCUT2D eigenvalue weighted by Gasteiger charge is -2.02. The molecule has 2 aromatic carbocycles. The molecule has 2 heterocycles. The fraction of sp³-hybridized carbons (Fsp3) is 0.111. The van der Waals surface area contributed by atoms with Crippen LogP contribution in [0.2, 0.25) is 0 Å². The first-order valence-electron chi connectivity index (χ1n) is 7.85. The summed E-state index contributed by atoms with van der Waals surface area (Å²) in [5.74, 6) is 0.438. The van der Waals surface area contributed by atoms with E-state index in [1.807, 2.05) is 31.3 Å². The molecule has 0 unspecified atom stereocenters. The van der Waals surface area contributed by atoms with E-state index in [1.165, 1.54) is 5.39 Å². The van der Waals surface area contributed by atoms with Gasteiger partial charge >= 0.3 is 6.03 Å². The third-order valence-electron chi connectivity index (χ3n) is 3.94. The second-order valence-electron chi connectivity index (χ2n) is 5.58. The van der Waals surface area contributed by atoms with Crippen molar-refractivity contribution >= 4 is 33.9 Å². The average molecular weight is 319 g/mol. The number of amides is 2. The predicted octanol–water partition coefficient (Wildman–Crippen LogP) is 3.85. The number of fused-ring (bicyclic) bond motifs is 2. The summed E-state index contributed by atoms with van der Waals surface area (Å²) < 4.78 is 0. The average Bonchev–Trinajstić information content (AvgIpc) is 3.19. The molecule has 2 aromatic heterocycles. The van der Waals surface area contributed by atoms with Crippen molar-refractivity contribution in [3.05, 3.63) is 48.7 Å². The summed E-state index contributed by atoms with van der Waals surface area (Å²) in [4.78, 5) is 22.4. The zero-order chi connectivity index (χ0) is 16.5. The van der Waals surface area contributed by atoms with Gasteiger partial charge in [0.05, 0.1) is 11.0 Å². The first-order valence-corrected chi connectivity index (χ1v) is 7.85. The van der Waals surface area contributed by atoms with Gasteiger partial charge in [0, 0.05) is 18.3 Å². The number of aromatic amines is 2. The molecule has 0 aliphatic carbocycles. The number of benzene rings is 2. The smallest absolute Gasteiger partial charge is 0.321 e. The van der Waals surface area contributed by atoms with Gasteiger partial charge in [-0.2, -0.15) is 0 Å². The summed E-state index contributed by atoms with van der Waals surface area (Å²) >= 11 is 0. The van der Waals surface area contributed by atoms with Crippen LogP contribution in [0, 0.1) is 0 Å². The van der Waals surface area contributed by atoms with Gasteiger partial charge in [0.1, 0.15) is 0 Å². The second-order valence-corrected chi connectivity index (χ2v) is 5.58. The number of hydrogen-bond acceptors (Lipinski definition) is 2. The third-order valence-corrected chi connectivity index (χ3v) is 3.94. The molecule has 6 heteroatoms. The Morgan fingerprint density at radius 2 is 1.92 bits per heavy atom. The van der Waals surface area contributed by atoms with Gasteiger partial charge in [-0.1, -0.05) is 18.2 Å². The van der Waals surface area contributed by atoms with Crippen LogP contribution in [0.15, 0.2) is 48.7 Å². The van der Waals surface area contributed by atoms with Gasteiger partial charge in [-0.15, -0.1) is 0 Å². The number of imidazole rings is 1. The van der Waals surface area contributed by atoms with E-state index < -0.39 is 0 Å². The van der Waals surface area contributed by atoms with Crippen LogP contribution in [-0.4, -0.2) is 27.5 Å². The van der Waals surface area contributed by atoms with Crippen molar-refractivity contribution < 1.29 is 4.79 Å². The minimum absolute atomic E-state index is 0.269. The maximum Gasteiger partial charge on any atom is 0.321 e. The molecule has 0 radical (unpaired) electrons. The highest BCUT2D eigenvalue weighted by atomic mass is 16.2. The molecule has 0 fully saturated rings. The van der Waals surface area contributed by atoms with Gasteiger partial charge in [-0.25, -0.2) is 9.78 Å². The molecule has 0 atom stereocenters. The number of aromatic nitrogens is 3. The van der Waals surface area contributed by atoms with Gasteiger partial charge in [-0.3, -0.25) is 5.32 Å². The Balaban J connectivity index is 1.68. The summed E-state index contributed by atoms with van der Waals surface area (Å²) in [5, 5.41) is 6.56. The third kappa shape index (κ3) is 2.58. The van der Waals surface area contributed by atoms with Crippen LogP contribution in [0.25, 0.3) is 33.1 Å². The maximum absolute atomic E-state index is 11.6. The number of rotatable bonds is 3. The van der Waals surface area contributed by atoms with Crippen LogP contribution < -0.4 is 10.6 Å². The molecule has 6 nitrogen and oxygen atoms in total. The largest absolute Gasteiger partial charge is 0.361 e. The molecule has 2 amide bonds. The number of carbonyl (C=O) groups is 1. The zero-order valence-corrected chi connectivity index (χ0v) is 13.2. The molecule has 0 saturated heterocycles. The van der Waals surface area contributed by atoms with Crippen LogP contribution in [0.1, 0.15) is 6.92 Å². The molecule has 0 bridgehead atoms. The minimum atomic E-state index is -0.269. The number of nitrogens with zero attached hydrogens (tertiary/aromatic N) is 1. The second kappa shape index (κ2) is 5.73. The molecule has 0 aliphatic rings. The van der Waals surface area contributed by atoms with Crippen molar-refractivity contribution in [2.75, 3.05) is 11.9 Å². The van der Waals surface area contributed by atoms with Crippen LogP contribution in [0.4, 0.5) is 10.7 Å². The Kier molecular flexibility index (Phi) is 3.42. The summed E-state index contributed by atoms with van der Waals surface area (Å²) in [7, 11) is 0. The van der Waals surface area contributed by atoms with Crippen LogP contribution in [0.3, 0.4) is 0 Å². The van der Waals surface area contributed by atoms with Gasteiger partial charge < -0.3 is 15.3 Å². The van der Waals surface area contributed by atoms with Gasteiger partial charge in [0.25, 0.3) is 0 Å². The van der Waals surface area contributed by atoms with Gasteiger partial charge in [-0.05, 0) is 47.7 Å². The molecule has 4 aromatic rings. The Labute approximate surface area is 138 Å². The van der Waals surface area contributed by atoms with Crippen LogP contribution in [0.5, 0.6) is 0 Å². The number of urea groups is 1. The van der Waals surface area contributed by atoms with E-state index >= 15 is 0 Å². The van der Waals surface area contributed by atoms with Crippen molar-refractivity contribution in [1.82, 2.24) is 20.3 Å². The van der Waals surface area contributed by atoms with Crippen LogP contribution in [-0.2, 0) is 0 Å². The number of H-pyrrole nitrogens is 2. The van der Waals surface area contributed by atoms with E-state index in [-0.39, 0.29) is 6.03 Å². The van der Waals surface area contributed by atoms with E-state index in [0.717, 1.165) is 27.7 Å². The number of nitrogens with one attached hydrogen (secondary N) is 4. The quantitative estimate of drug-likeness (QED) is 0.462. The monoisotopic (exact) mass is 319 g/mol. The van der Waals surface area contributed by atoms with E-state index in [1.54, 1.807) is 0 Å². The normalized spacial score (nSPS) is 11.0. The molecule has 0 aliphatic heterocycles.